The highest BCUT2D eigenvalue weighted by molar-refractivity contribution is 6.00. The smallest absolute Gasteiger partial charge is 0.332 e. The second-order valence-corrected chi connectivity index (χ2v) is 3.76. The van der Waals surface area contributed by atoms with Crippen molar-refractivity contribution in [2.24, 2.45) is 10.8 Å². The van der Waals surface area contributed by atoms with Crippen molar-refractivity contribution < 1.29 is 4.79 Å². The number of nitrogens with two attached hydrogens (primary N) is 1. The van der Waals surface area contributed by atoms with Crippen LogP contribution in [0.15, 0.2) is 16.8 Å². The third-order valence-corrected chi connectivity index (χ3v) is 2.45. The van der Waals surface area contributed by atoms with Gasteiger partial charge < -0.3 is 5.73 Å². The number of hydrazone groups is 1. The van der Waals surface area contributed by atoms with E-state index in [9.17, 15) is 4.79 Å². The van der Waals surface area contributed by atoms with E-state index >= 15 is 0 Å². The van der Waals surface area contributed by atoms with Gasteiger partial charge in [-0.3, -0.25) is 0 Å². The van der Waals surface area contributed by atoms with Crippen molar-refractivity contribution in [1.82, 2.24) is 5.43 Å². The van der Waals surface area contributed by atoms with E-state index in [1.54, 1.807) is 0 Å². The monoisotopic (exact) mass is 209 g/mol. The first kappa shape index (κ1) is 11.8. The van der Waals surface area contributed by atoms with Crippen molar-refractivity contribution in [1.29, 1.82) is 0 Å². The summed E-state index contributed by atoms with van der Waals surface area (Å²) >= 11 is 0. The maximum Gasteiger partial charge on any atom is 0.332 e. The maximum atomic E-state index is 10.6. The molecule has 1 aliphatic rings. The number of rotatable bonds is 4. The Morgan fingerprint density at radius 3 is 2.93 bits per heavy atom. The molecule has 3 N–H and O–H groups in total. The topological polar surface area (TPSA) is 67.5 Å². The van der Waals surface area contributed by atoms with Crippen LogP contribution >= 0.6 is 0 Å². The van der Waals surface area contributed by atoms with Crippen LogP contribution in [0.3, 0.4) is 0 Å². The molecule has 0 spiro atoms. The number of carbonyl (C=O) groups excluding carboxylic acids is 1. The van der Waals surface area contributed by atoms with Crippen molar-refractivity contribution >= 4 is 11.7 Å². The van der Waals surface area contributed by atoms with Gasteiger partial charge in [-0.05, 0) is 37.7 Å². The summed E-state index contributed by atoms with van der Waals surface area (Å²) in [5.41, 5.74) is 9.56. The lowest BCUT2D eigenvalue weighted by Gasteiger charge is -2.14. The minimum absolute atomic E-state index is 0.597. The van der Waals surface area contributed by atoms with Gasteiger partial charge in [-0.2, -0.15) is 5.10 Å². The Morgan fingerprint density at radius 1 is 1.60 bits per heavy atom. The van der Waals surface area contributed by atoms with Crippen molar-refractivity contribution in [3.05, 3.63) is 11.6 Å². The van der Waals surface area contributed by atoms with Gasteiger partial charge >= 0.3 is 6.03 Å². The zero-order valence-electron chi connectivity index (χ0n) is 9.25. The van der Waals surface area contributed by atoms with E-state index in [-0.39, 0.29) is 0 Å². The minimum Gasteiger partial charge on any atom is -0.350 e. The molecule has 4 heteroatoms. The molecule has 0 radical (unpaired) electrons. The van der Waals surface area contributed by atoms with Crippen LogP contribution in [-0.2, 0) is 0 Å². The molecule has 4 nitrogen and oxygen atoms in total. The molecular formula is C11H19N3O. The average Bonchev–Trinajstić information content (AvgIpc) is 2.25. The number of hydrogen-bond acceptors (Lipinski definition) is 2. The van der Waals surface area contributed by atoms with E-state index in [0.717, 1.165) is 31.4 Å². The maximum absolute atomic E-state index is 10.6. The Balaban J connectivity index is 2.67. The Labute approximate surface area is 90.6 Å². The summed E-state index contributed by atoms with van der Waals surface area (Å²) in [4.78, 5) is 10.6. The molecule has 0 unspecified atom stereocenters. The van der Waals surface area contributed by atoms with Gasteiger partial charge in [0, 0.05) is 0 Å². The molecule has 0 aromatic heterocycles. The Kier molecular flexibility index (Phi) is 4.87. The summed E-state index contributed by atoms with van der Waals surface area (Å²) in [6, 6.07) is -0.597. The van der Waals surface area contributed by atoms with Crippen LogP contribution in [0.5, 0.6) is 0 Å². The molecule has 0 heterocycles. The molecule has 0 saturated heterocycles. The number of hydrogen-bond donors (Lipinski definition) is 2. The molecule has 1 rings (SSSR count). The number of nitrogens with zero attached hydrogens (tertiary/aromatic N) is 1. The van der Waals surface area contributed by atoms with Crippen LogP contribution in [0.1, 0.15) is 45.4 Å². The van der Waals surface area contributed by atoms with Crippen LogP contribution in [-0.4, -0.2) is 11.7 Å². The molecule has 0 aliphatic heterocycles. The van der Waals surface area contributed by atoms with Crippen LogP contribution in [0.25, 0.3) is 0 Å². The molecule has 0 atom stereocenters. The Morgan fingerprint density at radius 2 is 2.40 bits per heavy atom. The predicted molar refractivity (Wildman–Crippen MR) is 61.6 cm³/mol. The third kappa shape index (κ3) is 4.14. The van der Waals surface area contributed by atoms with Gasteiger partial charge in [-0.1, -0.05) is 19.4 Å². The Hall–Kier alpha value is -1.32. The summed E-state index contributed by atoms with van der Waals surface area (Å²) in [5.74, 6) is 0. The molecule has 0 aromatic rings. The molecule has 0 saturated carbocycles. The second kappa shape index (κ2) is 6.22. The van der Waals surface area contributed by atoms with Gasteiger partial charge in [0.1, 0.15) is 0 Å². The van der Waals surface area contributed by atoms with E-state index in [0.29, 0.717) is 0 Å². The highest BCUT2D eigenvalue weighted by atomic mass is 16.2. The number of carbonyl (C=O) groups is 1. The molecule has 15 heavy (non-hydrogen) atoms. The average molecular weight is 209 g/mol. The highest BCUT2D eigenvalue weighted by Crippen LogP contribution is 2.20. The zero-order chi connectivity index (χ0) is 11.1. The van der Waals surface area contributed by atoms with E-state index in [1.165, 1.54) is 18.4 Å². The van der Waals surface area contributed by atoms with E-state index in [4.69, 9.17) is 5.73 Å². The van der Waals surface area contributed by atoms with Gasteiger partial charge in [0.15, 0.2) is 0 Å². The number of amides is 2. The first-order chi connectivity index (χ1) is 7.24. The lowest BCUT2D eigenvalue weighted by atomic mass is 9.94. The van der Waals surface area contributed by atoms with Crippen molar-refractivity contribution in [3.8, 4) is 0 Å². The molecule has 0 bridgehead atoms. The standard InChI is InChI=1S/C11H19N3O/c1-2-6-10(13-14-11(12)15)9-7-4-3-5-8-9/h7H,2-6,8H2,1H3,(H3,12,14,15)/b13-10+. The van der Waals surface area contributed by atoms with Crippen LogP contribution in [0.2, 0.25) is 0 Å². The molecule has 2 amide bonds. The van der Waals surface area contributed by atoms with Gasteiger partial charge in [0.25, 0.3) is 0 Å². The summed E-state index contributed by atoms with van der Waals surface area (Å²) in [6.07, 6.45) is 8.80. The van der Waals surface area contributed by atoms with Crippen molar-refractivity contribution in [2.75, 3.05) is 0 Å². The predicted octanol–water partition coefficient (Wildman–Crippen LogP) is 2.31. The fraction of sp³-hybridized carbons (Fsp3) is 0.636. The summed E-state index contributed by atoms with van der Waals surface area (Å²) in [5, 5.41) is 4.06. The number of urea groups is 1. The summed E-state index contributed by atoms with van der Waals surface area (Å²) < 4.78 is 0. The van der Waals surface area contributed by atoms with Crippen LogP contribution < -0.4 is 11.2 Å². The SMILES string of the molecule is CCC/C(=N\NC(N)=O)C1=CCCCC1. The molecular weight excluding hydrogens is 190 g/mol. The van der Waals surface area contributed by atoms with Crippen molar-refractivity contribution in [3.63, 3.8) is 0 Å². The molecule has 0 aromatic carbocycles. The lowest BCUT2D eigenvalue weighted by molar-refractivity contribution is 0.249. The number of nitrogens with one attached hydrogen (secondary N) is 1. The normalized spacial score (nSPS) is 17.1. The first-order valence-corrected chi connectivity index (χ1v) is 5.55. The number of primary amides is 1. The molecule has 1 aliphatic carbocycles. The first-order valence-electron chi connectivity index (χ1n) is 5.55. The fourth-order valence-corrected chi connectivity index (χ4v) is 1.75. The molecule has 84 valence electrons. The third-order valence-electron chi connectivity index (χ3n) is 2.45. The minimum atomic E-state index is -0.597. The van der Waals surface area contributed by atoms with Crippen molar-refractivity contribution in [2.45, 2.75) is 45.4 Å². The zero-order valence-corrected chi connectivity index (χ0v) is 9.25. The second-order valence-electron chi connectivity index (χ2n) is 3.76. The van der Waals surface area contributed by atoms with Crippen LogP contribution in [0, 0.1) is 0 Å². The van der Waals surface area contributed by atoms with Crippen LogP contribution in [0.4, 0.5) is 4.79 Å². The van der Waals surface area contributed by atoms with E-state index < -0.39 is 6.03 Å². The van der Waals surface area contributed by atoms with Gasteiger partial charge in [0.2, 0.25) is 0 Å². The van der Waals surface area contributed by atoms with E-state index in [2.05, 4.69) is 23.5 Å². The van der Waals surface area contributed by atoms with Gasteiger partial charge in [0.05, 0.1) is 5.71 Å². The molecule has 0 fully saturated rings. The number of allylic oxidation sites excluding steroid dienone is 2. The van der Waals surface area contributed by atoms with E-state index in [1.807, 2.05) is 0 Å². The van der Waals surface area contributed by atoms with Gasteiger partial charge in [-0.15, -0.1) is 0 Å². The summed E-state index contributed by atoms with van der Waals surface area (Å²) in [7, 11) is 0. The van der Waals surface area contributed by atoms with Gasteiger partial charge in [-0.25, -0.2) is 10.2 Å². The fourth-order valence-electron chi connectivity index (χ4n) is 1.75. The summed E-state index contributed by atoms with van der Waals surface area (Å²) in [6.45, 7) is 2.10. The highest BCUT2D eigenvalue weighted by Gasteiger charge is 2.10. The largest absolute Gasteiger partial charge is 0.350 e. The quantitative estimate of drug-likeness (QED) is 0.541. The Bertz CT molecular complexity index is 282. The lowest BCUT2D eigenvalue weighted by Crippen LogP contribution is -2.26.